The minimum Gasteiger partial charge on any atom is -0.143 e. The van der Waals surface area contributed by atoms with Crippen LogP contribution in [0.25, 0.3) is 4.91 Å². The van der Waals surface area contributed by atoms with Crippen LogP contribution in [0.4, 0.5) is 0 Å². The van der Waals surface area contributed by atoms with E-state index in [0.29, 0.717) is 0 Å². The van der Waals surface area contributed by atoms with E-state index in [9.17, 15) is 0 Å². The van der Waals surface area contributed by atoms with E-state index in [0.717, 1.165) is 6.42 Å². The zero-order valence-electron chi connectivity index (χ0n) is 7.49. The third-order valence-electron chi connectivity index (χ3n) is 2.09. The van der Waals surface area contributed by atoms with Crippen LogP contribution in [0.2, 0.25) is 0 Å². The molecule has 1 aliphatic heterocycles. The van der Waals surface area contributed by atoms with Crippen LogP contribution in [0.15, 0.2) is 23.6 Å². The Balaban J connectivity index is 2.24. The smallest absolute Gasteiger partial charge is 0.143 e. The molecule has 1 aromatic heterocycles. The van der Waals surface area contributed by atoms with Gasteiger partial charge in [0.05, 0.1) is 0 Å². The van der Waals surface area contributed by atoms with Crippen molar-refractivity contribution in [3.05, 3.63) is 28.5 Å². The Kier molecular flexibility index (Phi) is 2.42. The number of allylic oxidation sites excluding steroid dienone is 1. The summed E-state index contributed by atoms with van der Waals surface area (Å²) in [6, 6.07) is 4.12. The summed E-state index contributed by atoms with van der Waals surface area (Å²) in [4.78, 5) is 2.47. The van der Waals surface area contributed by atoms with Crippen LogP contribution in [0.5, 0.6) is 0 Å². The molecule has 1 aromatic rings. The van der Waals surface area contributed by atoms with Gasteiger partial charge >= 0.3 is 0 Å². The molecule has 0 nitrogen and oxygen atoms in total. The maximum Gasteiger partial charge on any atom is 0.144 e. The lowest BCUT2D eigenvalue weighted by molar-refractivity contribution is 0.978. The van der Waals surface area contributed by atoms with Crippen molar-refractivity contribution in [2.45, 2.75) is 11.2 Å². The molecule has 0 N–H and O–H groups in total. The predicted octanol–water partition coefficient (Wildman–Crippen LogP) is 3.23. The van der Waals surface area contributed by atoms with Crippen LogP contribution >= 0.6 is 23.1 Å². The van der Waals surface area contributed by atoms with E-state index in [4.69, 9.17) is 12.8 Å². The molecular formula is C12H8S2. The van der Waals surface area contributed by atoms with Crippen molar-refractivity contribution in [2.24, 2.45) is 0 Å². The molecule has 2 rings (SSSR count). The van der Waals surface area contributed by atoms with Crippen molar-refractivity contribution in [3.63, 3.8) is 0 Å². The highest BCUT2D eigenvalue weighted by atomic mass is 32.2. The lowest BCUT2D eigenvalue weighted by Crippen LogP contribution is -2.14. The van der Waals surface area contributed by atoms with E-state index in [2.05, 4.69) is 29.4 Å². The Morgan fingerprint density at radius 2 is 2.14 bits per heavy atom. The molecule has 0 spiro atoms. The molecule has 1 aliphatic rings. The normalized spacial score (nSPS) is 18.3. The minimum absolute atomic E-state index is 0.445. The largest absolute Gasteiger partial charge is 0.144 e. The van der Waals surface area contributed by atoms with Crippen LogP contribution in [-0.4, -0.2) is 4.75 Å². The maximum atomic E-state index is 5.45. The van der Waals surface area contributed by atoms with Gasteiger partial charge in [0.15, 0.2) is 0 Å². The Hall–Kier alpha value is -1.09. The summed E-state index contributed by atoms with van der Waals surface area (Å²) >= 11 is 3.33. The summed E-state index contributed by atoms with van der Waals surface area (Å²) in [6.45, 7) is 0. The zero-order chi connectivity index (χ0) is 10.0. The van der Waals surface area contributed by atoms with Gasteiger partial charge in [0, 0.05) is 16.2 Å². The molecule has 68 valence electrons. The number of hydrogen-bond acceptors (Lipinski definition) is 2. The SMILES string of the molecule is C#CC1(C#C)CC=C(c2cccs2)S1. The molecule has 0 saturated carbocycles. The van der Waals surface area contributed by atoms with Gasteiger partial charge in [0.1, 0.15) is 4.75 Å². The van der Waals surface area contributed by atoms with Gasteiger partial charge in [-0.1, -0.05) is 35.7 Å². The molecule has 0 radical (unpaired) electrons. The minimum atomic E-state index is -0.445. The first-order valence-electron chi connectivity index (χ1n) is 4.18. The first kappa shape index (κ1) is 9.46. The van der Waals surface area contributed by atoms with Crippen molar-refractivity contribution < 1.29 is 0 Å². The zero-order valence-corrected chi connectivity index (χ0v) is 9.12. The van der Waals surface area contributed by atoms with Crippen LogP contribution in [0.3, 0.4) is 0 Å². The first-order chi connectivity index (χ1) is 6.79. The number of terminal acetylenes is 2. The van der Waals surface area contributed by atoms with Crippen LogP contribution in [0.1, 0.15) is 11.3 Å². The summed E-state index contributed by atoms with van der Waals surface area (Å²) in [7, 11) is 0. The molecule has 0 aromatic carbocycles. The Morgan fingerprint density at radius 3 is 2.64 bits per heavy atom. The van der Waals surface area contributed by atoms with Crippen molar-refractivity contribution >= 4 is 28.0 Å². The fraction of sp³-hybridized carbons (Fsp3) is 0.167. The number of thiophene rings is 1. The number of rotatable bonds is 1. The van der Waals surface area contributed by atoms with Crippen molar-refractivity contribution in [3.8, 4) is 24.7 Å². The van der Waals surface area contributed by atoms with Gasteiger partial charge in [-0.25, -0.2) is 0 Å². The highest BCUT2D eigenvalue weighted by molar-refractivity contribution is 8.10. The van der Waals surface area contributed by atoms with Crippen LogP contribution < -0.4 is 0 Å². The van der Waals surface area contributed by atoms with E-state index in [1.54, 1.807) is 23.1 Å². The predicted molar refractivity (Wildman–Crippen MR) is 64.9 cm³/mol. The van der Waals surface area contributed by atoms with E-state index in [-0.39, 0.29) is 0 Å². The van der Waals surface area contributed by atoms with E-state index in [1.165, 1.54) is 9.78 Å². The fourth-order valence-electron chi connectivity index (χ4n) is 1.30. The average Bonchev–Trinajstić information content (AvgIpc) is 2.87. The monoisotopic (exact) mass is 216 g/mol. The summed E-state index contributed by atoms with van der Waals surface area (Å²) < 4.78 is -0.445. The number of hydrogen-bond donors (Lipinski definition) is 0. The molecule has 0 bridgehead atoms. The summed E-state index contributed by atoms with van der Waals surface area (Å²) in [5.41, 5.74) is 0. The van der Waals surface area contributed by atoms with E-state index >= 15 is 0 Å². The summed E-state index contributed by atoms with van der Waals surface area (Å²) in [6.07, 6.45) is 13.8. The number of thioether (sulfide) groups is 1. The van der Waals surface area contributed by atoms with Crippen molar-refractivity contribution in [1.29, 1.82) is 0 Å². The van der Waals surface area contributed by atoms with Crippen LogP contribution in [0, 0.1) is 24.7 Å². The highest BCUT2D eigenvalue weighted by Crippen LogP contribution is 2.47. The molecule has 0 saturated heterocycles. The summed E-state index contributed by atoms with van der Waals surface area (Å²) in [5, 5.41) is 2.06. The highest BCUT2D eigenvalue weighted by Gasteiger charge is 2.32. The third-order valence-corrected chi connectivity index (χ3v) is 4.48. The Bertz CT molecular complexity index is 424. The van der Waals surface area contributed by atoms with Gasteiger partial charge < -0.3 is 0 Å². The second-order valence-corrected chi connectivity index (χ2v) is 5.26. The van der Waals surface area contributed by atoms with Gasteiger partial charge in [-0.05, 0) is 11.4 Å². The van der Waals surface area contributed by atoms with E-state index < -0.39 is 4.75 Å². The molecule has 0 unspecified atom stereocenters. The van der Waals surface area contributed by atoms with E-state index in [1.807, 2.05) is 6.07 Å². The average molecular weight is 216 g/mol. The molecule has 0 amide bonds. The lowest BCUT2D eigenvalue weighted by Gasteiger charge is -2.13. The Morgan fingerprint density at radius 1 is 1.36 bits per heavy atom. The maximum absolute atomic E-state index is 5.45. The molecule has 0 atom stereocenters. The second kappa shape index (κ2) is 3.58. The fourth-order valence-corrected chi connectivity index (χ4v) is 3.22. The molecular weight excluding hydrogens is 208 g/mol. The molecule has 0 fully saturated rings. The second-order valence-electron chi connectivity index (χ2n) is 2.97. The molecule has 0 aliphatic carbocycles. The van der Waals surface area contributed by atoms with Crippen molar-refractivity contribution in [1.82, 2.24) is 0 Å². The molecule has 2 heterocycles. The van der Waals surface area contributed by atoms with Gasteiger partial charge in [0.2, 0.25) is 0 Å². The van der Waals surface area contributed by atoms with Crippen molar-refractivity contribution in [2.75, 3.05) is 0 Å². The molecule has 2 heteroatoms. The van der Waals surface area contributed by atoms with Gasteiger partial charge in [-0.3, -0.25) is 0 Å². The van der Waals surface area contributed by atoms with Crippen LogP contribution in [-0.2, 0) is 0 Å². The lowest BCUT2D eigenvalue weighted by atomic mass is 10.1. The summed E-state index contributed by atoms with van der Waals surface area (Å²) in [5.74, 6) is 5.40. The standard InChI is InChI=1S/C12H8S2/c1-3-12(4-2)8-7-11(14-12)10-6-5-9-13-10/h1-2,5-7,9H,8H2. The topological polar surface area (TPSA) is 0 Å². The Labute approximate surface area is 92.4 Å². The quantitative estimate of drug-likeness (QED) is 0.649. The van der Waals surface area contributed by atoms with Gasteiger partial charge in [0.25, 0.3) is 0 Å². The van der Waals surface area contributed by atoms with Gasteiger partial charge in [-0.15, -0.1) is 24.2 Å². The third kappa shape index (κ3) is 1.48. The van der Waals surface area contributed by atoms with Gasteiger partial charge in [-0.2, -0.15) is 0 Å². The molecule has 14 heavy (non-hydrogen) atoms. The first-order valence-corrected chi connectivity index (χ1v) is 5.88.